The SMILES string of the molecule is O=C(CNc1ccccc1N1CCCC1=O)N1CCCCC1. The zero-order valence-electron chi connectivity index (χ0n) is 12.9. The van der Waals surface area contributed by atoms with Crippen LogP contribution in [0, 0.1) is 0 Å². The molecule has 3 rings (SSSR count). The number of carbonyl (C=O) groups is 2. The summed E-state index contributed by atoms with van der Waals surface area (Å²) >= 11 is 0. The topological polar surface area (TPSA) is 52.7 Å². The highest BCUT2D eigenvalue weighted by Gasteiger charge is 2.24. The Labute approximate surface area is 131 Å². The first-order chi connectivity index (χ1) is 10.8. The van der Waals surface area contributed by atoms with Gasteiger partial charge in [0.25, 0.3) is 0 Å². The maximum atomic E-state index is 12.3. The van der Waals surface area contributed by atoms with Crippen LogP contribution in [0.3, 0.4) is 0 Å². The number of nitrogens with zero attached hydrogens (tertiary/aromatic N) is 2. The fraction of sp³-hybridized carbons (Fsp3) is 0.529. The molecule has 1 N–H and O–H groups in total. The van der Waals surface area contributed by atoms with Crippen molar-refractivity contribution in [1.29, 1.82) is 0 Å². The highest BCUT2D eigenvalue weighted by atomic mass is 16.2. The largest absolute Gasteiger partial charge is 0.374 e. The summed E-state index contributed by atoms with van der Waals surface area (Å²) < 4.78 is 0. The number of hydrogen-bond acceptors (Lipinski definition) is 3. The highest BCUT2D eigenvalue weighted by Crippen LogP contribution is 2.29. The zero-order valence-corrected chi connectivity index (χ0v) is 12.9. The molecule has 118 valence electrons. The monoisotopic (exact) mass is 301 g/mol. The second kappa shape index (κ2) is 6.81. The number of likely N-dealkylation sites (tertiary alicyclic amines) is 1. The molecule has 2 aliphatic heterocycles. The molecule has 5 nitrogen and oxygen atoms in total. The van der Waals surface area contributed by atoms with Crippen molar-refractivity contribution in [2.24, 2.45) is 0 Å². The van der Waals surface area contributed by atoms with Crippen LogP contribution in [0.15, 0.2) is 24.3 Å². The van der Waals surface area contributed by atoms with Gasteiger partial charge in [0, 0.05) is 26.1 Å². The van der Waals surface area contributed by atoms with Gasteiger partial charge in [0.2, 0.25) is 11.8 Å². The van der Waals surface area contributed by atoms with Crippen molar-refractivity contribution in [1.82, 2.24) is 4.90 Å². The molecular weight excluding hydrogens is 278 g/mol. The molecule has 0 aromatic heterocycles. The van der Waals surface area contributed by atoms with Crippen molar-refractivity contribution in [2.45, 2.75) is 32.1 Å². The molecule has 0 atom stereocenters. The first-order valence-electron chi connectivity index (χ1n) is 8.17. The van der Waals surface area contributed by atoms with Gasteiger partial charge in [-0.15, -0.1) is 0 Å². The lowest BCUT2D eigenvalue weighted by atomic mass is 10.1. The molecule has 2 saturated heterocycles. The summed E-state index contributed by atoms with van der Waals surface area (Å²) in [6, 6.07) is 7.73. The fourth-order valence-electron chi connectivity index (χ4n) is 3.19. The Bertz CT molecular complexity index is 553. The Kier molecular flexibility index (Phi) is 4.61. The number of carbonyl (C=O) groups excluding carboxylic acids is 2. The maximum Gasteiger partial charge on any atom is 0.241 e. The number of hydrogen-bond donors (Lipinski definition) is 1. The number of piperidine rings is 1. The minimum absolute atomic E-state index is 0.141. The van der Waals surface area contributed by atoms with Crippen molar-refractivity contribution in [3.8, 4) is 0 Å². The molecule has 0 saturated carbocycles. The van der Waals surface area contributed by atoms with Crippen molar-refractivity contribution in [2.75, 3.05) is 36.4 Å². The van der Waals surface area contributed by atoms with E-state index < -0.39 is 0 Å². The van der Waals surface area contributed by atoms with Gasteiger partial charge in [0.15, 0.2) is 0 Å². The summed E-state index contributed by atoms with van der Waals surface area (Å²) in [5, 5.41) is 3.22. The Hall–Kier alpha value is -2.04. The molecular formula is C17H23N3O2. The molecule has 0 spiro atoms. The molecule has 2 amide bonds. The lowest BCUT2D eigenvalue weighted by Gasteiger charge is -2.27. The predicted molar refractivity (Wildman–Crippen MR) is 86.9 cm³/mol. The number of rotatable bonds is 4. The summed E-state index contributed by atoms with van der Waals surface area (Å²) in [7, 11) is 0. The minimum atomic E-state index is 0.141. The molecule has 2 heterocycles. The Morgan fingerprint density at radius 1 is 1.05 bits per heavy atom. The molecule has 2 aliphatic rings. The lowest BCUT2D eigenvalue weighted by Crippen LogP contribution is -2.39. The van der Waals surface area contributed by atoms with Gasteiger partial charge in [-0.05, 0) is 37.8 Å². The number of amides is 2. The third kappa shape index (κ3) is 3.24. The van der Waals surface area contributed by atoms with Gasteiger partial charge in [0.1, 0.15) is 0 Å². The van der Waals surface area contributed by atoms with E-state index in [4.69, 9.17) is 0 Å². The van der Waals surface area contributed by atoms with E-state index >= 15 is 0 Å². The normalized spacial score (nSPS) is 18.6. The van der Waals surface area contributed by atoms with Crippen molar-refractivity contribution in [3.63, 3.8) is 0 Å². The van der Waals surface area contributed by atoms with Gasteiger partial charge in [-0.3, -0.25) is 9.59 Å². The van der Waals surface area contributed by atoms with Crippen LogP contribution in [0.5, 0.6) is 0 Å². The quantitative estimate of drug-likeness (QED) is 0.928. The average molecular weight is 301 g/mol. The lowest BCUT2D eigenvalue weighted by molar-refractivity contribution is -0.130. The Morgan fingerprint density at radius 3 is 2.55 bits per heavy atom. The van der Waals surface area contributed by atoms with Crippen molar-refractivity contribution < 1.29 is 9.59 Å². The van der Waals surface area contributed by atoms with Crippen molar-refractivity contribution >= 4 is 23.2 Å². The van der Waals surface area contributed by atoms with Gasteiger partial charge < -0.3 is 15.1 Å². The van der Waals surface area contributed by atoms with Crippen LogP contribution in [0.1, 0.15) is 32.1 Å². The molecule has 2 fully saturated rings. The molecule has 5 heteroatoms. The second-order valence-corrected chi connectivity index (χ2v) is 5.96. The fourth-order valence-corrected chi connectivity index (χ4v) is 3.19. The molecule has 0 radical (unpaired) electrons. The minimum Gasteiger partial charge on any atom is -0.374 e. The summed E-state index contributed by atoms with van der Waals surface area (Å²) in [6.45, 7) is 2.79. The Morgan fingerprint density at radius 2 is 1.82 bits per heavy atom. The van der Waals surface area contributed by atoms with Crippen LogP contribution in [0.25, 0.3) is 0 Å². The number of anilines is 2. The average Bonchev–Trinajstić information content (AvgIpc) is 2.99. The van der Waals surface area contributed by atoms with Crippen LogP contribution >= 0.6 is 0 Å². The number of benzene rings is 1. The van der Waals surface area contributed by atoms with Crippen LogP contribution < -0.4 is 10.2 Å². The third-order valence-electron chi connectivity index (χ3n) is 4.41. The molecule has 22 heavy (non-hydrogen) atoms. The van der Waals surface area contributed by atoms with Crippen LogP contribution in [0.2, 0.25) is 0 Å². The van der Waals surface area contributed by atoms with Crippen molar-refractivity contribution in [3.05, 3.63) is 24.3 Å². The van der Waals surface area contributed by atoms with E-state index in [1.54, 1.807) is 0 Å². The van der Waals surface area contributed by atoms with E-state index in [1.165, 1.54) is 6.42 Å². The van der Waals surface area contributed by atoms with Gasteiger partial charge in [0.05, 0.1) is 17.9 Å². The van der Waals surface area contributed by atoms with E-state index in [-0.39, 0.29) is 11.8 Å². The standard InChI is InChI=1S/C17H23N3O2/c21-16-9-6-12-20(16)15-8-3-2-7-14(15)18-13-17(22)19-10-4-1-5-11-19/h2-3,7-8,18H,1,4-6,9-13H2. The zero-order chi connectivity index (χ0) is 15.4. The number of nitrogens with one attached hydrogen (secondary N) is 1. The predicted octanol–water partition coefficient (Wildman–Crippen LogP) is 2.24. The van der Waals surface area contributed by atoms with E-state index in [0.717, 1.165) is 50.3 Å². The van der Waals surface area contributed by atoms with E-state index in [0.29, 0.717) is 13.0 Å². The van der Waals surface area contributed by atoms with Gasteiger partial charge in [-0.25, -0.2) is 0 Å². The van der Waals surface area contributed by atoms with Gasteiger partial charge in [-0.1, -0.05) is 12.1 Å². The van der Waals surface area contributed by atoms with Gasteiger partial charge in [-0.2, -0.15) is 0 Å². The summed E-state index contributed by atoms with van der Waals surface area (Å²) in [5.41, 5.74) is 1.75. The Balaban J connectivity index is 1.65. The summed E-state index contributed by atoms with van der Waals surface area (Å²) in [6.07, 6.45) is 4.94. The van der Waals surface area contributed by atoms with E-state index in [9.17, 15) is 9.59 Å². The summed E-state index contributed by atoms with van der Waals surface area (Å²) in [5.74, 6) is 0.304. The number of para-hydroxylation sites is 2. The van der Waals surface area contributed by atoms with Crippen LogP contribution in [0.4, 0.5) is 11.4 Å². The smallest absolute Gasteiger partial charge is 0.241 e. The highest BCUT2D eigenvalue weighted by molar-refractivity contribution is 5.98. The van der Waals surface area contributed by atoms with Crippen LogP contribution in [-0.2, 0) is 9.59 Å². The molecule has 1 aromatic rings. The molecule has 1 aromatic carbocycles. The first kappa shape index (κ1) is 14.9. The summed E-state index contributed by atoms with van der Waals surface area (Å²) in [4.78, 5) is 27.9. The third-order valence-corrected chi connectivity index (χ3v) is 4.41. The van der Waals surface area contributed by atoms with Gasteiger partial charge >= 0.3 is 0 Å². The van der Waals surface area contributed by atoms with E-state index in [1.807, 2.05) is 34.1 Å². The van der Waals surface area contributed by atoms with E-state index in [2.05, 4.69) is 5.32 Å². The maximum absolute atomic E-state index is 12.3. The molecule has 0 bridgehead atoms. The molecule has 0 aliphatic carbocycles. The van der Waals surface area contributed by atoms with Crippen LogP contribution in [-0.4, -0.2) is 42.9 Å². The molecule has 0 unspecified atom stereocenters. The second-order valence-electron chi connectivity index (χ2n) is 5.96. The first-order valence-corrected chi connectivity index (χ1v) is 8.17.